The second-order valence-electron chi connectivity index (χ2n) is 4.06. The number of carbonyl (C=O) groups is 2. The van der Waals surface area contributed by atoms with Crippen LogP contribution in [0.1, 0.15) is 26.7 Å². The van der Waals surface area contributed by atoms with Crippen molar-refractivity contribution in [3.8, 4) is 0 Å². The standard InChI is InChI=1S/C11H21NO5/c1-4-17-6-5-9(13)12-11(2,8-16-3)7-10(14)15/h4-8H2,1-3H3,(H,12,13)(H,14,15). The van der Waals surface area contributed by atoms with Gasteiger partial charge in [0.1, 0.15) is 0 Å². The van der Waals surface area contributed by atoms with E-state index in [1.165, 1.54) is 7.11 Å². The molecule has 0 aliphatic heterocycles. The zero-order chi connectivity index (χ0) is 13.3. The van der Waals surface area contributed by atoms with Gasteiger partial charge in [0, 0.05) is 20.1 Å². The molecule has 17 heavy (non-hydrogen) atoms. The van der Waals surface area contributed by atoms with Crippen molar-refractivity contribution in [1.29, 1.82) is 0 Å². The molecular formula is C11H21NO5. The number of rotatable bonds is 9. The smallest absolute Gasteiger partial charge is 0.305 e. The maximum atomic E-state index is 11.6. The first-order chi connectivity index (χ1) is 7.93. The number of ether oxygens (including phenoxy) is 2. The molecule has 0 fully saturated rings. The number of carbonyl (C=O) groups excluding carboxylic acids is 1. The lowest BCUT2D eigenvalue weighted by Gasteiger charge is -2.28. The Balaban J connectivity index is 4.22. The van der Waals surface area contributed by atoms with Crippen LogP contribution in [0.3, 0.4) is 0 Å². The summed E-state index contributed by atoms with van der Waals surface area (Å²) in [6.45, 7) is 4.52. The largest absolute Gasteiger partial charge is 0.481 e. The topological polar surface area (TPSA) is 84.9 Å². The molecule has 6 nitrogen and oxygen atoms in total. The highest BCUT2D eigenvalue weighted by atomic mass is 16.5. The van der Waals surface area contributed by atoms with Gasteiger partial charge in [0.15, 0.2) is 0 Å². The molecule has 0 saturated carbocycles. The third kappa shape index (κ3) is 7.70. The maximum absolute atomic E-state index is 11.6. The van der Waals surface area contributed by atoms with Gasteiger partial charge in [-0.3, -0.25) is 9.59 Å². The van der Waals surface area contributed by atoms with Crippen LogP contribution >= 0.6 is 0 Å². The van der Waals surface area contributed by atoms with Gasteiger partial charge in [-0.1, -0.05) is 0 Å². The predicted octanol–water partition coefficient (Wildman–Crippen LogP) is 0.409. The Bertz CT molecular complexity index is 256. The average Bonchev–Trinajstić information content (AvgIpc) is 2.16. The summed E-state index contributed by atoms with van der Waals surface area (Å²) in [5, 5.41) is 11.4. The summed E-state index contributed by atoms with van der Waals surface area (Å²) < 4.78 is 9.98. The fourth-order valence-electron chi connectivity index (χ4n) is 1.49. The van der Waals surface area contributed by atoms with E-state index in [-0.39, 0.29) is 25.4 Å². The molecule has 0 aliphatic carbocycles. The highest BCUT2D eigenvalue weighted by Gasteiger charge is 2.29. The third-order valence-electron chi connectivity index (χ3n) is 2.12. The summed E-state index contributed by atoms with van der Waals surface area (Å²) in [5.74, 6) is -1.21. The first-order valence-corrected chi connectivity index (χ1v) is 5.53. The quantitative estimate of drug-likeness (QED) is 0.576. The van der Waals surface area contributed by atoms with Gasteiger partial charge in [0.05, 0.1) is 25.2 Å². The Labute approximate surface area is 101 Å². The van der Waals surface area contributed by atoms with Gasteiger partial charge in [-0.2, -0.15) is 0 Å². The van der Waals surface area contributed by atoms with E-state index in [0.717, 1.165) is 0 Å². The molecule has 100 valence electrons. The number of carboxylic acid groups (broad SMARTS) is 1. The normalized spacial score (nSPS) is 14.1. The SMILES string of the molecule is CCOCCC(=O)NC(C)(COC)CC(=O)O. The van der Waals surface area contributed by atoms with Crippen molar-refractivity contribution in [3.63, 3.8) is 0 Å². The van der Waals surface area contributed by atoms with Crippen LogP contribution in [0.2, 0.25) is 0 Å². The van der Waals surface area contributed by atoms with Crippen molar-refractivity contribution in [1.82, 2.24) is 5.32 Å². The number of nitrogens with one attached hydrogen (secondary N) is 1. The molecule has 0 heterocycles. The highest BCUT2D eigenvalue weighted by molar-refractivity contribution is 5.78. The van der Waals surface area contributed by atoms with E-state index in [2.05, 4.69) is 5.32 Å². The zero-order valence-corrected chi connectivity index (χ0v) is 10.6. The lowest BCUT2D eigenvalue weighted by molar-refractivity contribution is -0.139. The molecule has 2 N–H and O–H groups in total. The predicted molar refractivity (Wildman–Crippen MR) is 61.8 cm³/mol. The molecule has 1 atom stereocenters. The van der Waals surface area contributed by atoms with Gasteiger partial charge in [-0.05, 0) is 13.8 Å². The van der Waals surface area contributed by atoms with Crippen LogP contribution in [0.25, 0.3) is 0 Å². The Kier molecular flexibility index (Phi) is 7.49. The van der Waals surface area contributed by atoms with Crippen LogP contribution in [0.4, 0.5) is 0 Å². The van der Waals surface area contributed by atoms with Crippen molar-refractivity contribution in [2.24, 2.45) is 0 Å². The minimum atomic E-state index is -0.977. The van der Waals surface area contributed by atoms with Crippen molar-refractivity contribution >= 4 is 11.9 Å². The minimum absolute atomic E-state index is 0.152. The number of methoxy groups -OCH3 is 1. The monoisotopic (exact) mass is 247 g/mol. The summed E-state index contributed by atoms with van der Waals surface area (Å²) >= 11 is 0. The van der Waals surface area contributed by atoms with Gasteiger partial charge in [-0.25, -0.2) is 0 Å². The van der Waals surface area contributed by atoms with Gasteiger partial charge in [-0.15, -0.1) is 0 Å². The molecule has 0 radical (unpaired) electrons. The minimum Gasteiger partial charge on any atom is -0.481 e. The molecule has 1 unspecified atom stereocenters. The molecule has 0 spiro atoms. The number of hydrogen-bond acceptors (Lipinski definition) is 4. The van der Waals surface area contributed by atoms with Crippen LogP contribution in [0.15, 0.2) is 0 Å². The van der Waals surface area contributed by atoms with Crippen LogP contribution < -0.4 is 5.32 Å². The molecular weight excluding hydrogens is 226 g/mol. The second kappa shape index (κ2) is 8.03. The molecule has 0 aliphatic rings. The molecule has 0 aromatic rings. The van der Waals surface area contributed by atoms with E-state index in [1.54, 1.807) is 6.92 Å². The summed E-state index contributed by atoms with van der Waals surface area (Å²) in [6.07, 6.45) is 0.0357. The fourth-order valence-corrected chi connectivity index (χ4v) is 1.49. The Hall–Kier alpha value is -1.14. The van der Waals surface area contributed by atoms with Crippen LogP contribution in [-0.2, 0) is 19.1 Å². The number of amides is 1. The Morgan fingerprint density at radius 1 is 1.41 bits per heavy atom. The summed E-state index contributed by atoms with van der Waals surface area (Å²) in [4.78, 5) is 22.3. The van der Waals surface area contributed by atoms with Gasteiger partial charge < -0.3 is 19.9 Å². The van der Waals surface area contributed by atoms with Crippen LogP contribution in [0, 0.1) is 0 Å². The lowest BCUT2D eigenvalue weighted by Crippen LogP contribution is -2.50. The number of aliphatic carboxylic acids is 1. The van der Waals surface area contributed by atoms with E-state index in [9.17, 15) is 9.59 Å². The number of carboxylic acids is 1. The van der Waals surface area contributed by atoms with Crippen LogP contribution in [-0.4, -0.2) is 49.5 Å². The van der Waals surface area contributed by atoms with Crippen molar-refractivity contribution in [2.45, 2.75) is 32.2 Å². The van der Waals surface area contributed by atoms with Gasteiger partial charge >= 0.3 is 5.97 Å². The zero-order valence-electron chi connectivity index (χ0n) is 10.6. The Morgan fingerprint density at radius 2 is 2.06 bits per heavy atom. The van der Waals surface area contributed by atoms with Crippen molar-refractivity contribution in [2.75, 3.05) is 26.9 Å². The summed E-state index contributed by atoms with van der Waals surface area (Å²) in [6, 6.07) is 0. The van der Waals surface area contributed by atoms with E-state index >= 15 is 0 Å². The molecule has 0 aromatic carbocycles. The molecule has 6 heteroatoms. The van der Waals surface area contributed by atoms with E-state index in [1.807, 2.05) is 6.92 Å². The lowest BCUT2D eigenvalue weighted by atomic mass is 9.99. The van der Waals surface area contributed by atoms with Crippen LogP contribution in [0.5, 0.6) is 0 Å². The summed E-state index contributed by atoms with van der Waals surface area (Å²) in [7, 11) is 1.46. The van der Waals surface area contributed by atoms with E-state index in [4.69, 9.17) is 14.6 Å². The fraction of sp³-hybridized carbons (Fsp3) is 0.818. The first kappa shape index (κ1) is 15.9. The molecule has 0 aromatic heterocycles. The summed E-state index contributed by atoms with van der Waals surface area (Å²) in [5.41, 5.74) is -0.885. The first-order valence-electron chi connectivity index (χ1n) is 5.53. The van der Waals surface area contributed by atoms with Gasteiger partial charge in [0.25, 0.3) is 0 Å². The van der Waals surface area contributed by atoms with Gasteiger partial charge in [0.2, 0.25) is 5.91 Å². The molecule has 0 rings (SSSR count). The average molecular weight is 247 g/mol. The highest BCUT2D eigenvalue weighted by Crippen LogP contribution is 2.10. The molecule has 0 saturated heterocycles. The second-order valence-corrected chi connectivity index (χ2v) is 4.06. The van der Waals surface area contributed by atoms with E-state index in [0.29, 0.717) is 13.2 Å². The third-order valence-corrected chi connectivity index (χ3v) is 2.12. The van der Waals surface area contributed by atoms with Crippen molar-refractivity contribution < 1.29 is 24.2 Å². The Morgan fingerprint density at radius 3 is 2.53 bits per heavy atom. The molecule has 0 bridgehead atoms. The van der Waals surface area contributed by atoms with Crippen molar-refractivity contribution in [3.05, 3.63) is 0 Å². The maximum Gasteiger partial charge on any atom is 0.305 e. The van der Waals surface area contributed by atoms with E-state index < -0.39 is 11.5 Å². The number of hydrogen-bond donors (Lipinski definition) is 2. The molecule has 1 amide bonds.